The number of hydrogen-bond donors (Lipinski definition) is 0. The molecule has 0 saturated carbocycles. The van der Waals surface area contributed by atoms with Crippen LogP contribution >= 0.6 is 15.9 Å². The van der Waals surface area contributed by atoms with Crippen LogP contribution in [0.1, 0.15) is 25.8 Å². The summed E-state index contributed by atoms with van der Waals surface area (Å²) < 4.78 is 12.0. The van der Waals surface area contributed by atoms with Crippen LogP contribution < -0.4 is 14.5 Å². The molecule has 0 aromatic heterocycles. The van der Waals surface area contributed by atoms with Gasteiger partial charge in [-0.15, -0.1) is 0 Å². The summed E-state index contributed by atoms with van der Waals surface area (Å²) in [6.45, 7) is 4.48. The van der Waals surface area contributed by atoms with Crippen molar-refractivity contribution in [2.75, 3.05) is 18.7 Å². The number of hydrogen-bond acceptors (Lipinski definition) is 4. The number of ether oxygens (including phenoxy) is 2. The van der Waals surface area contributed by atoms with Gasteiger partial charge in [0.05, 0.1) is 35.2 Å². The van der Waals surface area contributed by atoms with Gasteiger partial charge in [0.15, 0.2) is 11.5 Å². The monoisotopic (exact) mass is 428 g/mol. The number of para-hydroxylation sites is 1. The van der Waals surface area contributed by atoms with Crippen LogP contribution in [0, 0.1) is 0 Å². The Balaban J connectivity index is 1.94. The van der Waals surface area contributed by atoms with Crippen LogP contribution in [0.4, 0.5) is 5.69 Å². The molecule has 140 valence electrons. The van der Waals surface area contributed by atoms with E-state index in [2.05, 4.69) is 21.0 Å². The maximum atomic E-state index is 12.8. The van der Waals surface area contributed by atoms with Gasteiger partial charge in [-0.05, 0) is 65.2 Å². The highest BCUT2D eigenvalue weighted by atomic mass is 79.9. The highest BCUT2D eigenvalue weighted by Crippen LogP contribution is 2.37. The van der Waals surface area contributed by atoms with Crippen molar-refractivity contribution in [2.24, 2.45) is 5.10 Å². The van der Waals surface area contributed by atoms with Crippen molar-refractivity contribution in [2.45, 2.75) is 20.3 Å². The predicted octanol–water partition coefficient (Wildman–Crippen LogP) is 5.05. The van der Waals surface area contributed by atoms with Crippen LogP contribution in [0.15, 0.2) is 57.6 Å². The Kier molecular flexibility index (Phi) is 5.96. The van der Waals surface area contributed by atoms with Gasteiger partial charge in [0.25, 0.3) is 5.91 Å². The molecule has 0 unspecified atom stereocenters. The fourth-order valence-corrected chi connectivity index (χ4v) is 3.34. The molecule has 1 aliphatic heterocycles. The molecule has 0 atom stereocenters. The molecule has 1 heterocycles. The van der Waals surface area contributed by atoms with Crippen molar-refractivity contribution in [1.82, 2.24) is 0 Å². The lowest BCUT2D eigenvalue weighted by Crippen LogP contribution is -2.21. The van der Waals surface area contributed by atoms with Crippen LogP contribution in [0.3, 0.4) is 0 Å². The second-order valence-corrected chi connectivity index (χ2v) is 6.93. The van der Waals surface area contributed by atoms with E-state index >= 15 is 0 Å². The molecule has 0 radical (unpaired) electrons. The number of carbonyl (C=O) groups excluding carboxylic acids is 1. The van der Waals surface area contributed by atoms with E-state index < -0.39 is 0 Å². The maximum absolute atomic E-state index is 12.8. The number of benzene rings is 2. The molecular formula is C21H21BrN2O3. The van der Waals surface area contributed by atoms with E-state index in [4.69, 9.17) is 9.47 Å². The molecular weight excluding hydrogens is 408 g/mol. The summed E-state index contributed by atoms with van der Waals surface area (Å²) in [5.41, 5.74) is 2.79. The summed E-state index contributed by atoms with van der Waals surface area (Å²) in [7, 11) is 1.60. The van der Waals surface area contributed by atoms with E-state index in [1.54, 1.807) is 7.11 Å². The van der Waals surface area contributed by atoms with Crippen molar-refractivity contribution in [3.8, 4) is 11.5 Å². The number of carbonyl (C=O) groups is 1. The average Bonchev–Trinajstić information content (AvgIpc) is 2.95. The van der Waals surface area contributed by atoms with E-state index in [1.807, 2.05) is 62.4 Å². The summed E-state index contributed by atoms with van der Waals surface area (Å²) in [5.74, 6) is 1.13. The van der Waals surface area contributed by atoms with E-state index in [0.29, 0.717) is 29.4 Å². The van der Waals surface area contributed by atoms with Gasteiger partial charge in [-0.3, -0.25) is 4.79 Å². The second-order valence-electron chi connectivity index (χ2n) is 6.08. The average molecular weight is 429 g/mol. The SMILES string of the molecule is CCCOc1c(Br)cc(/C=C2\C(=O)N(c3ccccc3)N=C2C)cc1OC. The van der Waals surface area contributed by atoms with Crippen LogP contribution in [-0.2, 0) is 4.79 Å². The van der Waals surface area contributed by atoms with Gasteiger partial charge in [-0.25, -0.2) is 0 Å². The smallest absolute Gasteiger partial charge is 0.280 e. The Labute approximate surface area is 167 Å². The van der Waals surface area contributed by atoms with Gasteiger partial charge < -0.3 is 9.47 Å². The van der Waals surface area contributed by atoms with Gasteiger partial charge >= 0.3 is 0 Å². The minimum Gasteiger partial charge on any atom is -0.493 e. The Morgan fingerprint density at radius 3 is 2.63 bits per heavy atom. The zero-order valence-electron chi connectivity index (χ0n) is 15.5. The van der Waals surface area contributed by atoms with Gasteiger partial charge in [-0.2, -0.15) is 10.1 Å². The fraction of sp³-hybridized carbons (Fsp3) is 0.238. The van der Waals surface area contributed by atoms with E-state index in [9.17, 15) is 4.79 Å². The first-order chi connectivity index (χ1) is 13.0. The first-order valence-corrected chi connectivity index (χ1v) is 9.51. The first-order valence-electron chi connectivity index (χ1n) is 8.72. The number of nitrogens with zero attached hydrogens (tertiary/aromatic N) is 2. The number of halogens is 1. The third-order valence-electron chi connectivity index (χ3n) is 4.08. The third kappa shape index (κ3) is 4.06. The summed E-state index contributed by atoms with van der Waals surface area (Å²) >= 11 is 3.54. The molecule has 0 saturated heterocycles. The molecule has 0 spiro atoms. The third-order valence-corrected chi connectivity index (χ3v) is 4.67. The molecule has 6 heteroatoms. The second kappa shape index (κ2) is 8.39. The van der Waals surface area contributed by atoms with E-state index in [1.165, 1.54) is 5.01 Å². The minimum atomic E-state index is -0.153. The molecule has 1 aliphatic rings. The normalized spacial score (nSPS) is 15.3. The van der Waals surface area contributed by atoms with Gasteiger partial charge in [0, 0.05) is 0 Å². The highest BCUT2D eigenvalue weighted by Gasteiger charge is 2.28. The predicted molar refractivity (Wildman–Crippen MR) is 111 cm³/mol. The topological polar surface area (TPSA) is 51.1 Å². The molecule has 2 aromatic carbocycles. The summed E-state index contributed by atoms with van der Waals surface area (Å²) in [6, 6.07) is 13.1. The van der Waals surface area contributed by atoms with Crippen molar-refractivity contribution in [3.05, 3.63) is 58.1 Å². The van der Waals surface area contributed by atoms with Gasteiger partial charge in [0.1, 0.15) is 0 Å². The minimum absolute atomic E-state index is 0.153. The molecule has 0 fully saturated rings. The zero-order valence-corrected chi connectivity index (χ0v) is 17.1. The van der Waals surface area contributed by atoms with Gasteiger partial charge in [0.2, 0.25) is 0 Å². The molecule has 3 rings (SSSR count). The van der Waals surface area contributed by atoms with E-state index in [0.717, 1.165) is 22.1 Å². The standard InChI is InChI=1S/C21H21BrN2O3/c1-4-10-27-20-18(22)12-15(13-19(20)26-3)11-17-14(2)23-24(21(17)25)16-8-6-5-7-9-16/h5-9,11-13H,4,10H2,1-3H3/b17-11-. The Hall–Kier alpha value is -2.60. The quantitative estimate of drug-likeness (QED) is 0.604. The molecule has 0 bridgehead atoms. The molecule has 1 amide bonds. The largest absolute Gasteiger partial charge is 0.493 e. The van der Waals surface area contributed by atoms with Crippen LogP contribution in [0.2, 0.25) is 0 Å². The lowest BCUT2D eigenvalue weighted by atomic mass is 10.1. The molecule has 0 N–H and O–H groups in total. The molecule has 2 aromatic rings. The summed E-state index contributed by atoms with van der Waals surface area (Å²) in [6.07, 6.45) is 2.72. The lowest BCUT2D eigenvalue weighted by molar-refractivity contribution is -0.114. The number of anilines is 1. The Morgan fingerprint density at radius 2 is 1.96 bits per heavy atom. The van der Waals surface area contributed by atoms with Crippen molar-refractivity contribution >= 4 is 39.3 Å². The Bertz CT molecular complexity index is 907. The maximum Gasteiger partial charge on any atom is 0.280 e. The number of amides is 1. The number of hydrazone groups is 1. The van der Waals surface area contributed by atoms with Crippen molar-refractivity contribution in [3.63, 3.8) is 0 Å². The Morgan fingerprint density at radius 1 is 1.22 bits per heavy atom. The molecule has 5 nitrogen and oxygen atoms in total. The van der Waals surface area contributed by atoms with Crippen molar-refractivity contribution in [1.29, 1.82) is 0 Å². The summed E-state index contributed by atoms with van der Waals surface area (Å²) in [5, 5.41) is 5.83. The number of rotatable bonds is 6. The number of methoxy groups -OCH3 is 1. The molecule has 0 aliphatic carbocycles. The van der Waals surface area contributed by atoms with E-state index in [-0.39, 0.29) is 5.91 Å². The van der Waals surface area contributed by atoms with Crippen LogP contribution in [-0.4, -0.2) is 25.3 Å². The zero-order chi connectivity index (χ0) is 19.4. The molecule has 27 heavy (non-hydrogen) atoms. The van der Waals surface area contributed by atoms with Gasteiger partial charge in [-0.1, -0.05) is 25.1 Å². The lowest BCUT2D eigenvalue weighted by Gasteiger charge is -2.13. The van der Waals surface area contributed by atoms with Crippen molar-refractivity contribution < 1.29 is 14.3 Å². The van der Waals surface area contributed by atoms with Crippen LogP contribution in [0.25, 0.3) is 6.08 Å². The first kappa shape index (κ1) is 19.2. The van der Waals surface area contributed by atoms with Crippen LogP contribution in [0.5, 0.6) is 11.5 Å². The fourth-order valence-electron chi connectivity index (χ4n) is 2.76. The highest BCUT2D eigenvalue weighted by molar-refractivity contribution is 9.10. The summed E-state index contributed by atoms with van der Waals surface area (Å²) in [4.78, 5) is 12.8.